The Labute approximate surface area is 187 Å². The van der Waals surface area contributed by atoms with Gasteiger partial charge in [-0.05, 0) is 62.7 Å². The first kappa shape index (κ1) is 21.4. The van der Waals surface area contributed by atoms with Gasteiger partial charge in [-0.3, -0.25) is 4.79 Å². The number of amides is 1. The number of carbonyl (C=O) groups is 1. The molecular formula is C24H28N6O2. The van der Waals surface area contributed by atoms with Gasteiger partial charge in [-0.2, -0.15) is 4.98 Å². The summed E-state index contributed by atoms with van der Waals surface area (Å²) < 4.78 is 7.00. The molecule has 3 N–H and O–H groups in total. The van der Waals surface area contributed by atoms with E-state index in [0.717, 1.165) is 35.7 Å². The molecule has 3 aromatic rings. The maximum Gasteiger partial charge on any atom is 0.248 e. The van der Waals surface area contributed by atoms with Gasteiger partial charge in [0.05, 0.1) is 12.7 Å². The minimum Gasteiger partial charge on any atom is -0.497 e. The Balaban J connectivity index is 1.76. The van der Waals surface area contributed by atoms with Crippen molar-refractivity contribution in [3.8, 4) is 17.1 Å². The summed E-state index contributed by atoms with van der Waals surface area (Å²) in [7, 11) is 1.62. The highest BCUT2D eigenvalue weighted by Gasteiger charge is 2.33. The van der Waals surface area contributed by atoms with Crippen LogP contribution in [-0.2, 0) is 4.79 Å². The fourth-order valence-corrected chi connectivity index (χ4v) is 4.10. The minimum atomic E-state index is -0.498. The largest absolute Gasteiger partial charge is 0.497 e. The van der Waals surface area contributed by atoms with Gasteiger partial charge in [0, 0.05) is 30.0 Å². The summed E-state index contributed by atoms with van der Waals surface area (Å²) in [5.41, 5.74) is 9.81. The molecule has 2 aromatic carbocycles. The van der Waals surface area contributed by atoms with E-state index in [0.29, 0.717) is 23.0 Å². The van der Waals surface area contributed by atoms with Crippen LogP contribution in [0, 0.1) is 0 Å². The maximum atomic E-state index is 12.3. The van der Waals surface area contributed by atoms with Gasteiger partial charge >= 0.3 is 0 Å². The Kier molecular flexibility index (Phi) is 5.85. The summed E-state index contributed by atoms with van der Waals surface area (Å²) in [6.07, 6.45) is 0. The fourth-order valence-electron chi connectivity index (χ4n) is 4.10. The monoisotopic (exact) mass is 432 g/mol. The number of hydrogen-bond acceptors (Lipinski definition) is 6. The molecule has 1 unspecified atom stereocenters. The van der Waals surface area contributed by atoms with Gasteiger partial charge in [0.25, 0.3) is 0 Å². The van der Waals surface area contributed by atoms with Crippen LogP contribution >= 0.6 is 0 Å². The van der Waals surface area contributed by atoms with Crippen molar-refractivity contribution < 1.29 is 9.53 Å². The molecule has 1 aromatic heterocycles. The van der Waals surface area contributed by atoms with Crippen LogP contribution in [0.3, 0.4) is 0 Å². The number of benzene rings is 2. The summed E-state index contributed by atoms with van der Waals surface area (Å²) in [4.78, 5) is 19.3. The van der Waals surface area contributed by atoms with Crippen molar-refractivity contribution in [3.63, 3.8) is 0 Å². The molecule has 32 heavy (non-hydrogen) atoms. The van der Waals surface area contributed by atoms with Gasteiger partial charge in [-0.25, -0.2) is 4.68 Å². The summed E-state index contributed by atoms with van der Waals surface area (Å²) in [6.45, 7) is 7.99. The molecule has 1 atom stereocenters. The lowest BCUT2D eigenvalue weighted by Crippen LogP contribution is -2.31. The number of fused-ring (bicyclic) bond motifs is 1. The first-order valence-corrected chi connectivity index (χ1v) is 10.7. The second-order valence-corrected chi connectivity index (χ2v) is 7.63. The van der Waals surface area contributed by atoms with Crippen LogP contribution in [0.2, 0.25) is 0 Å². The van der Waals surface area contributed by atoms with Gasteiger partial charge in [0.2, 0.25) is 11.9 Å². The normalized spacial score (nSPS) is 15.2. The third-order valence-corrected chi connectivity index (χ3v) is 5.80. The first-order valence-electron chi connectivity index (χ1n) is 10.7. The average molecular weight is 433 g/mol. The molecule has 1 aliphatic heterocycles. The number of aromatic nitrogens is 3. The lowest BCUT2D eigenvalue weighted by Gasteiger charge is -2.27. The smallest absolute Gasteiger partial charge is 0.248 e. The van der Waals surface area contributed by atoms with E-state index in [9.17, 15) is 4.79 Å². The summed E-state index contributed by atoms with van der Waals surface area (Å²) in [5.74, 6) is 1.38. The number of allylic oxidation sites excluding steroid dienone is 1. The van der Waals surface area contributed by atoms with E-state index in [1.54, 1.807) is 11.8 Å². The van der Waals surface area contributed by atoms with Crippen LogP contribution < -0.4 is 20.7 Å². The molecule has 166 valence electrons. The summed E-state index contributed by atoms with van der Waals surface area (Å²) >= 11 is 0. The van der Waals surface area contributed by atoms with Crippen LogP contribution in [-0.4, -0.2) is 40.9 Å². The zero-order valence-corrected chi connectivity index (χ0v) is 18.8. The number of methoxy groups -OCH3 is 1. The highest BCUT2D eigenvalue weighted by Crippen LogP contribution is 2.36. The molecule has 0 spiro atoms. The molecule has 0 saturated carbocycles. The molecule has 0 radical (unpaired) electrons. The van der Waals surface area contributed by atoms with Crippen molar-refractivity contribution in [2.75, 3.05) is 30.4 Å². The molecule has 0 saturated heterocycles. The molecule has 1 aliphatic rings. The van der Waals surface area contributed by atoms with E-state index in [-0.39, 0.29) is 0 Å². The predicted octanol–water partition coefficient (Wildman–Crippen LogP) is 3.57. The van der Waals surface area contributed by atoms with Crippen molar-refractivity contribution in [2.45, 2.75) is 26.8 Å². The van der Waals surface area contributed by atoms with E-state index >= 15 is 0 Å². The summed E-state index contributed by atoms with van der Waals surface area (Å²) in [6, 6.07) is 15.3. The SMILES string of the molecule is CCN(CC)c1ccc(-c2nc3n(n2)C(c2ccc(OC)cc2)C(C(N)=O)=C(C)N3)cc1. The Morgan fingerprint density at radius 1 is 1.12 bits per heavy atom. The number of ether oxygens (including phenoxy) is 1. The van der Waals surface area contributed by atoms with Crippen molar-refractivity contribution in [1.29, 1.82) is 0 Å². The van der Waals surface area contributed by atoms with Gasteiger partial charge < -0.3 is 20.7 Å². The molecule has 8 nitrogen and oxygen atoms in total. The number of rotatable bonds is 7. The number of nitrogens with one attached hydrogen (secondary N) is 1. The zero-order chi connectivity index (χ0) is 22.8. The lowest BCUT2D eigenvalue weighted by molar-refractivity contribution is -0.115. The first-order chi connectivity index (χ1) is 15.5. The molecule has 1 amide bonds. The minimum absolute atomic E-state index is 0.455. The number of nitrogens with zero attached hydrogens (tertiary/aromatic N) is 4. The van der Waals surface area contributed by atoms with Crippen molar-refractivity contribution in [1.82, 2.24) is 14.8 Å². The zero-order valence-electron chi connectivity index (χ0n) is 18.8. The number of primary amides is 1. The Morgan fingerprint density at radius 3 is 2.34 bits per heavy atom. The Morgan fingerprint density at radius 2 is 1.78 bits per heavy atom. The summed E-state index contributed by atoms with van der Waals surface area (Å²) in [5, 5.41) is 7.95. The topological polar surface area (TPSA) is 98.3 Å². The third-order valence-electron chi connectivity index (χ3n) is 5.80. The standard InChI is InChI=1S/C24H28N6O2/c1-5-29(6-2)18-11-7-17(8-12-18)23-27-24-26-15(3)20(22(25)31)21(30(24)28-23)16-9-13-19(32-4)14-10-16/h7-14,21H,5-6H2,1-4H3,(H2,25,31)(H,26,27,28). The van der Waals surface area contributed by atoms with Crippen LogP contribution in [0.15, 0.2) is 59.8 Å². The van der Waals surface area contributed by atoms with E-state index in [4.69, 9.17) is 20.6 Å². The number of anilines is 2. The second kappa shape index (κ2) is 8.74. The molecule has 0 bridgehead atoms. The second-order valence-electron chi connectivity index (χ2n) is 7.63. The highest BCUT2D eigenvalue weighted by molar-refractivity contribution is 5.95. The molecular weight excluding hydrogens is 404 g/mol. The van der Waals surface area contributed by atoms with E-state index < -0.39 is 11.9 Å². The number of carbonyl (C=O) groups excluding carboxylic acids is 1. The highest BCUT2D eigenvalue weighted by atomic mass is 16.5. The van der Waals surface area contributed by atoms with Crippen molar-refractivity contribution >= 4 is 17.5 Å². The van der Waals surface area contributed by atoms with Gasteiger partial charge in [0.15, 0.2) is 5.82 Å². The molecule has 0 aliphatic carbocycles. The van der Waals surface area contributed by atoms with Crippen LogP contribution in [0.4, 0.5) is 11.6 Å². The van der Waals surface area contributed by atoms with Gasteiger partial charge in [0.1, 0.15) is 11.8 Å². The molecule has 4 rings (SSSR count). The molecule has 8 heteroatoms. The van der Waals surface area contributed by atoms with Crippen molar-refractivity contribution in [2.24, 2.45) is 5.73 Å². The molecule has 2 heterocycles. The fraction of sp³-hybridized carbons (Fsp3) is 0.292. The van der Waals surface area contributed by atoms with Gasteiger partial charge in [-0.15, -0.1) is 5.10 Å². The van der Waals surface area contributed by atoms with E-state index in [1.807, 2.05) is 43.3 Å². The van der Waals surface area contributed by atoms with Crippen LogP contribution in [0.25, 0.3) is 11.4 Å². The van der Waals surface area contributed by atoms with Crippen LogP contribution in [0.5, 0.6) is 5.75 Å². The third kappa shape index (κ3) is 3.79. The van der Waals surface area contributed by atoms with Crippen molar-refractivity contribution in [3.05, 3.63) is 65.4 Å². The Bertz CT molecular complexity index is 1140. The quantitative estimate of drug-likeness (QED) is 0.592. The van der Waals surface area contributed by atoms with Crippen LogP contribution in [0.1, 0.15) is 32.4 Å². The number of hydrogen-bond donors (Lipinski definition) is 2. The predicted molar refractivity (Wildman–Crippen MR) is 126 cm³/mol. The average Bonchev–Trinajstić information content (AvgIpc) is 3.23. The van der Waals surface area contributed by atoms with Gasteiger partial charge in [-0.1, -0.05) is 12.1 Å². The maximum absolute atomic E-state index is 12.3. The van der Waals surface area contributed by atoms with E-state index in [2.05, 4.69) is 36.2 Å². The Hall–Kier alpha value is -3.81. The number of nitrogens with two attached hydrogens (primary N) is 1. The lowest BCUT2D eigenvalue weighted by atomic mass is 9.95. The van der Waals surface area contributed by atoms with E-state index in [1.165, 1.54) is 0 Å². The molecule has 0 fully saturated rings.